The Bertz CT molecular complexity index is 858. The van der Waals surface area contributed by atoms with Gasteiger partial charge in [0.05, 0.1) is 12.0 Å². The molecule has 2 heterocycles. The Morgan fingerprint density at radius 3 is 2.13 bits per heavy atom. The molecule has 0 radical (unpaired) electrons. The van der Waals surface area contributed by atoms with Crippen LogP contribution in [0.25, 0.3) is 0 Å². The van der Waals surface area contributed by atoms with Gasteiger partial charge in [0.25, 0.3) is 0 Å². The van der Waals surface area contributed by atoms with Crippen LogP contribution in [-0.4, -0.2) is 67.6 Å². The van der Waals surface area contributed by atoms with Crippen molar-refractivity contribution in [2.24, 2.45) is 0 Å². The SMILES string of the molecule is O=C(CN1CCN(C(=O)C2(c3ccccc3)CCOCC2)CC1)NCc1ccccc1. The Morgan fingerprint density at radius 1 is 0.871 bits per heavy atom. The van der Waals surface area contributed by atoms with Crippen molar-refractivity contribution in [3.8, 4) is 0 Å². The van der Waals surface area contributed by atoms with E-state index in [1.54, 1.807) is 0 Å². The van der Waals surface area contributed by atoms with Crippen LogP contribution >= 0.6 is 0 Å². The van der Waals surface area contributed by atoms with Crippen molar-refractivity contribution in [3.05, 3.63) is 71.8 Å². The highest BCUT2D eigenvalue weighted by Crippen LogP contribution is 2.37. The van der Waals surface area contributed by atoms with Crippen molar-refractivity contribution in [1.29, 1.82) is 0 Å². The fraction of sp³-hybridized carbons (Fsp3) is 0.440. The van der Waals surface area contributed by atoms with Crippen molar-refractivity contribution in [1.82, 2.24) is 15.1 Å². The van der Waals surface area contributed by atoms with Gasteiger partial charge in [0.2, 0.25) is 11.8 Å². The summed E-state index contributed by atoms with van der Waals surface area (Å²) in [5.74, 6) is 0.226. The number of ether oxygens (including phenoxy) is 1. The lowest BCUT2D eigenvalue weighted by Crippen LogP contribution is -2.56. The fourth-order valence-electron chi connectivity index (χ4n) is 4.57. The van der Waals surface area contributed by atoms with Gasteiger partial charge in [0.15, 0.2) is 0 Å². The van der Waals surface area contributed by atoms with Gasteiger partial charge in [-0.1, -0.05) is 60.7 Å². The average Bonchev–Trinajstić information content (AvgIpc) is 2.84. The summed E-state index contributed by atoms with van der Waals surface area (Å²) in [5, 5.41) is 2.98. The molecular formula is C25H31N3O3. The predicted octanol–water partition coefficient (Wildman–Crippen LogP) is 2.20. The Hall–Kier alpha value is -2.70. The number of hydrogen-bond donors (Lipinski definition) is 1. The van der Waals surface area contributed by atoms with Crippen molar-refractivity contribution >= 4 is 11.8 Å². The van der Waals surface area contributed by atoms with E-state index >= 15 is 0 Å². The first-order chi connectivity index (χ1) is 15.2. The second-order valence-electron chi connectivity index (χ2n) is 8.39. The molecule has 0 spiro atoms. The number of nitrogens with zero attached hydrogens (tertiary/aromatic N) is 2. The van der Waals surface area contributed by atoms with Gasteiger partial charge in [-0.05, 0) is 24.0 Å². The summed E-state index contributed by atoms with van der Waals surface area (Å²) in [6.45, 7) is 4.87. The normalized spacial score (nSPS) is 19.0. The molecule has 2 aliphatic heterocycles. The van der Waals surface area contributed by atoms with E-state index in [0.717, 1.165) is 24.0 Å². The molecular weight excluding hydrogens is 390 g/mol. The molecule has 4 rings (SSSR count). The smallest absolute Gasteiger partial charge is 0.234 e. The number of hydrogen-bond acceptors (Lipinski definition) is 4. The zero-order valence-corrected chi connectivity index (χ0v) is 18.0. The van der Waals surface area contributed by atoms with Gasteiger partial charge in [0.1, 0.15) is 0 Å². The molecule has 1 N–H and O–H groups in total. The first-order valence-corrected chi connectivity index (χ1v) is 11.1. The topological polar surface area (TPSA) is 61.9 Å². The van der Waals surface area contributed by atoms with Gasteiger partial charge in [0, 0.05) is 45.9 Å². The van der Waals surface area contributed by atoms with Crippen molar-refractivity contribution in [2.45, 2.75) is 24.8 Å². The summed E-state index contributed by atoms with van der Waals surface area (Å²) in [6, 6.07) is 20.0. The molecule has 2 aliphatic rings. The Morgan fingerprint density at radius 2 is 1.48 bits per heavy atom. The molecule has 31 heavy (non-hydrogen) atoms. The first-order valence-electron chi connectivity index (χ1n) is 11.1. The zero-order valence-electron chi connectivity index (χ0n) is 18.0. The number of amides is 2. The number of benzene rings is 2. The van der Waals surface area contributed by atoms with Gasteiger partial charge < -0.3 is 15.0 Å². The number of carbonyl (C=O) groups is 2. The number of rotatable bonds is 6. The molecule has 164 valence electrons. The molecule has 2 aromatic carbocycles. The maximum absolute atomic E-state index is 13.6. The van der Waals surface area contributed by atoms with E-state index in [1.807, 2.05) is 53.4 Å². The molecule has 0 saturated carbocycles. The van der Waals surface area contributed by atoms with E-state index in [1.165, 1.54) is 0 Å². The van der Waals surface area contributed by atoms with E-state index in [9.17, 15) is 9.59 Å². The number of carbonyl (C=O) groups excluding carboxylic acids is 2. The van der Waals surface area contributed by atoms with Crippen LogP contribution in [0.5, 0.6) is 0 Å². The van der Waals surface area contributed by atoms with E-state index < -0.39 is 5.41 Å². The third-order valence-corrected chi connectivity index (χ3v) is 6.44. The maximum atomic E-state index is 13.6. The number of piperazine rings is 1. The molecule has 2 fully saturated rings. The molecule has 0 aromatic heterocycles. The van der Waals surface area contributed by atoms with Gasteiger partial charge >= 0.3 is 0 Å². The molecule has 2 amide bonds. The molecule has 0 aliphatic carbocycles. The van der Waals surface area contributed by atoms with Gasteiger partial charge in [-0.3, -0.25) is 14.5 Å². The summed E-state index contributed by atoms with van der Waals surface area (Å²) in [7, 11) is 0. The van der Waals surface area contributed by atoms with Crippen molar-refractivity contribution in [2.75, 3.05) is 45.9 Å². The molecule has 2 saturated heterocycles. The molecule has 6 nitrogen and oxygen atoms in total. The largest absolute Gasteiger partial charge is 0.381 e. The van der Waals surface area contributed by atoms with Crippen molar-refractivity contribution in [3.63, 3.8) is 0 Å². The van der Waals surface area contributed by atoms with Crippen LogP contribution < -0.4 is 5.32 Å². The van der Waals surface area contributed by atoms with E-state index in [4.69, 9.17) is 4.74 Å². The van der Waals surface area contributed by atoms with Crippen LogP contribution in [0.2, 0.25) is 0 Å². The second kappa shape index (κ2) is 10.1. The van der Waals surface area contributed by atoms with Gasteiger partial charge in [-0.2, -0.15) is 0 Å². The minimum Gasteiger partial charge on any atom is -0.381 e. The fourth-order valence-corrected chi connectivity index (χ4v) is 4.57. The lowest BCUT2D eigenvalue weighted by Gasteiger charge is -2.43. The molecule has 0 bridgehead atoms. The van der Waals surface area contributed by atoms with E-state index in [-0.39, 0.29) is 11.8 Å². The Kier molecular flexibility index (Phi) is 6.99. The van der Waals surface area contributed by atoms with Crippen LogP contribution in [0.1, 0.15) is 24.0 Å². The maximum Gasteiger partial charge on any atom is 0.234 e. The molecule has 0 unspecified atom stereocenters. The quantitative estimate of drug-likeness (QED) is 0.777. The second-order valence-corrected chi connectivity index (χ2v) is 8.39. The lowest BCUT2D eigenvalue weighted by molar-refractivity contribution is -0.143. The summed E-state index contributed by atoms with van der Waals surface area (Å²) >= 11 is 0. The highest BCUT2D eigenvalue weighted by Gasteiger charge is 2.44. The monoisotopic (exact) mass is 421 g/mol. The van der Waals surface area contributed by atoms with Crippen LogP contribution in [0, 0.1) is 0 Å². The summed E-state index contributed by atoms with van der Waals surface area (Å²) in [6.07, 6.45) is 1.44. The van der Waals surface area contributed by atoms with Crippen LogP contribution in [-0.2, 0) is 26.3 Å². The summed E-state index contributed by atoms with van der Waals surface area (Å²) in [5.41, 5.74) is 1.69. The number of nitrogens with one attached hydrogen (secondary N) is 1. The third-order valence-electron chi connectivity index (χ3n) is 6.44. The Balaban J connectivity index is 1.31. The molecule has 2 aromatic rings. The highest BCUT2D eigenvalue weighted by molar-refractivity contribution is 5.88. The van der Waals surface area contributed by atoms with E-state index in [0.29, 0.717) is 52.5 Å². The predicted molar refractivity (Wildman–Crippen MR) is 119 cm³/mol. The summed E-state index contributed by atoms with van der Waals surface area (Å²) in [4.78, 5) is 30.1. The van der Waals surface area contributed by atoms with Crippen molar-refractivity contribution < 1.29 is 14.3 Å². The van der Waals surface area contributed by atoms with Crippen LogP contribution in [0.15, 0.2) is 60.7 Å². The van der Waals surface area contributed by atoms with Gasteiger partial charge in [-0.25, -0.2) is 0 Å². The Labute approximate surface area is 184 Å². The lowest BCUT2D eigenvalue weighted by atomic mass is 9.73. The van der Waals surface area contributed by atoms with Crippen LogP contribution in [0.3, 0.4) is 0 Å². The first kappa shape index (κ1) is 21.5. The standard InChI is InChI=1S/C25H31N3O3/c29-23(26-19-21-7-3-1-4-8-21)20-27-13-15-28(16-14-27)24(30)25(11-17-31-18-12-25)22-9-5-2-6-10-22/h1-10H,11-20H2,(H,26,29). The molecule has 0 atom stereocenters. The average molecular weight is 422 g/mol. The highest BCUT2D eigenvalue weighted by atomic mass is 16.5. The minimum atomic E-state index is -0.491. The zero-order chi connectivity index (χ0) is 21.5. The van der Waals surface area contributed by atoms with Gasteiger partial charge in [-0.15, -0.1) is 0 Å². The van der Waals surface area contributed by atoms with Crippen LogP contribution in [0.4, 0.5) is 0 Å². The minimum absolute atomic E-state index is 0.0221. The summed E-state index contributed by atoms with van der Waals surface area (Å²) < 4.78 is 5.58. The van der Waals surface area contributed by atoms with E-state index in [2.05, 4.69) is 22.3 Å². The third kappa shape index (κ3) is 5.14. The molecule has 6 heteroatoms.